The van der Waals surface area contributed by atoms with E-state index in [4.69, 9.17) is 9.47 Å². The van der Waals surface area contributed by atoms with Gasteiger partial charge in [0.1, 0.15) is 23.9 Å². The molecule has 10 heteroatoms. The highest BCUT2D eigenvalue weighted by atomic mass is 19.2. The Balaban J connectivity index is 2.19. The van der Waals surface area contributed by atoms with Crippen molar-refractivity contribution in [1.29, 1.82) is 5.26 Å². The Morgan fingerprint density at radius 2 is 1.52 bits per heavy atom. The number of hydrogen-bond donors (Lipinski definition) is 0. The number of nitriles is 1. The van der Waals surface area contributed by atoms with Gasteiger partial charge in [-0.25, -0.2) is 22.4 Å². The van der Waals surface area contributed by atoms with Crippen molar-refractivity contribution in [3.63, 3.8) is 0 Å². The van der Waals surface area contributed by atoms with Crippen LogP contribution in [0.3, 0.4) is 0 Å². The van der Waals surface area contributed by atoms with Crippen molar-refractivity contribution in [2.24, 2.45) is 17.3 Å². The summed E-state index contributed by atoms with van der Waals surface area (Å²) >= 11 is 0. The van der Waals surface area contributed by atoms with Crippen LogP contribution in [0.2, 0.25) is 0 Å². The summed E-state index contributed by atoms with van der Waals surface area (Å²) in [6.45, 7) is 6.51. The van der Waals surface area contributed by atoms with Gasteiger partial charge < -0.3 is 14.2 Å². The molecule has 6 nitrogen and oxygen atoms in total. The minimum atomic E-state index is -1.68. The molecule has 1 fully saturated rings. The van der Waals surface area contributed by atoms with E-state index in [0.717, 1.165) is 7.11 Å². The van der Waals surface area contributed by atoms with Gasteiger partial charge in [0.25, 0.3) is 0 Å². The molecule has 2 rings (SSSR count). The number of halogens is 4. The van der Waals surface area contributed by atoms with Crippen LogP contribution in [0.15, 0.2) is 11.6 Å². The molecule has 0 saturated heterocycles. The van der Waals surface area contributed by atoms with E-state index in [0.29, 0.717) is 0 Å². The highest BCUT2D eigenvalue weighted by Crippen LogP contribution is 2.60. The summed E-state index contributed by atoms with van der Waals surface area (Å²) in [5, 5.41) is 9.29. The molecule has 0 aliphatic heterocycles. The molecular weight excluding hydrogens is 446 g/mol. The first kappa shape index (κ1) is 26.3. The van der Waals surface area contributed by atoms with Crippen LogP contribution in [0.4, 0.5) is 17.6 Å². The minimum Gasteiger partial charge on any atom is -0.460 e. The second-order valence-electron chi connectivity index (χ2n) is 9.27. The van der Waals surface area contributed by atoms with Crippen LogP contribution in [0.25, 0.3) is 0 Å². The second kappa shape index (κ2) is 9.51. The highest BCUT2D eigenvalue weighted by Gasteiger charge is 2.62. The lowest BCUT2D eigenvalue weighted by Gasteiger charge is -2.19. The topological polar surface area (TPSA) is 85.6 Å². The Hall–Kier alpha value is -2.93. The van der Waals surface area contributed by atoms with Crippen LogP contribution >= 0.6 is 0 Å². The van der Waals surface area contributed by atoms with Crippen molar-refractivity contribution in [1.82, 2.24) is 0 Å². The van der Waals surface area contributed by atoms with Crippen LogP contribution in [-0.2, 0) is 37.0 Å². The Morgan fingerprint density at radius 3 is 1.94 bits per heavy atom. The van der Waals surface area contributed by atoms with E-state index in [2.05, 4.69) is 4.74 Å². The molecule has 0 heterocycles. The Morgan fingerprint density at radius 1 is 1.03 bits per heavy atom. The molecule has 0 spiro atoms. The van der Waals surface area contributed by atoms with E-state index in [9.17, 15) is 32.4 Å². The monoisotopic (exact) mass is 471 g/mol. The predicted molar refractivity (Wildman–Crippen MR) is 107 cm³/mol. The maximum absolute atomic E-state index is 14.2. The van der Waals surface area contributed by atoms with Gasteiger partial charge in [0.05, 0.1) is 23.7 Å². The molecule has 1 aromatic carbocycles. The standard InChI is InChI=1S/C23H25F4NO5/c1-22(2,3)33-20(29)11(8-28)7-14-15(23(14,4)5)21(30)32-10-13-18(26)16(24)12(9-31-6)17(25)19(13)27/h7,14-15H,9-10H2,1-6H3/b11-7+. The molecule has 1 aliphatic carbocycles. The average molecular weight is 471 g/mol. The summed E-state index contributed by atoms with van der Waals surface area (Å²) in [5.41, 5.74) is -3.86. The van der Waals surface area contributed by atoms with Gasteiger partial charge in [-0.3, -0.25) is 4.79 Å². The first-order valence-corrected chi connectivity index (χ1v) is 10.0. The zero-order valence-corrected chi connectivity index (χ0v) is 19.1. The van der Waals surface area contributed by atoms with Crippen LogP contribution in [0, 0.1) is 51.9 Å². The quantitative estimate of drug-likeness (QED) is 0.191. The summed E-state index contributed by atoms with van der Waals surface area (Å²) in [7, 11) is 1.10. The predicted octanol–water partition coefficient (Wildman–Crippen LogP) is 4.50. The largest absolute Gasteiger partial charge is 0.460 e. The summed E-state index contributed by atoms with van der Waals surface area (Å²) < 4.78 is 71.2. The fourth-order valence-electron chi connectivity index (χ4n) is 3.46. The summed E-state index contributed by atoms with van der Waals surface area (Å²) in [6, 6.07) is 1.74. The molecule has 0 bridgehead atoms. The van der Waals surface area contributed by atoms with E-state index in [1.54, 1.807) is 40.7 Å². The molecule has 0 radical (unpaired) electrons. The van der Waals surface area contributed by atoms with Crippen LogP contribution in [0.1, 0.15) is 45.7 Å². The SMILES string of the molecule is COCc1c(F)c(F)c(COC(=O)C2C(/C=C(\C#N)C(=O)OC(C)(C)C)C2(C)C)c(F)c1F. The summed E-state index contributed by atoms with van der Waals surface area (Å²) in [4.78, 5) is 24.7. The van der Waals surface area contributed by atoms with Gasteiger partial charge in [0.15, 0.2) is 23.3 Å². The van der Waals surface area contributed by atoms with Crippen molar-refractivity contribution < 1.29 is 41.4 Å². The Labute approximate surface area is 189 Å². The smallest absolute Gasteiger partial charge is 0.349 e. The van der Waals surface area contributed by atoms with Gasteiger partial charge >= 0.3 is 11.9 Å². The third kappa shape index (κ3) is 5.53. The van der Waals surface area contributed by atoms with Crippen molar-refractivity contribution in [3.05, 3.63) is 46.0 Å². The summed E-state index contributed by atoms with van der Waals surface area (Å²) in [5.74, 6) is -9.84. The second-order valence-corrected chi connectivity index (χ2v) is 9.27. The maximum Gasteiger partial charge on any atom is 0.349 e. The van der Waals surface area contributed by atoms with Crippen LogP contribution in [0.5, 0.6) is 0 Å². The molecule has 0 aromatic heterocycles. The maximum atomic E-state index is 14.2. The molecule has 1 aromatic rings. The lowest BCUT2D eigenvalue weighted by atomic mass is 10.1. The van der Waals surface area contributed by atoms with Gasteiger partial charge in [-0.15, -0.1) is 0 Å². The Bertz CT molecular complexity index is 1010. The molecule has 1 saturated carbocycles. The van der Waals surface area contributed by atoms with Crippen molar-refractivity contribution in [2.45, 2.75) is 53.4 Å². The zero-order chi connectivity index (χ0) is 25.3. The minimum absolute atomic E-state index is 0.298. The van der Waals surface area contributed by atoms with E-state index >= 15 is 0 Å². The van der Waals surface area contributed by atoms with Gasteiger partial charge in [0, 0.05) is 7.11 Å². The van der Waals surface area contributed by atoms with Crippen molar-refractivity contribution in [3.8, 4) is 6.07 Å². The first-order chi connectivity index (χ1) is 15.2. The van der Waals surface area contributed by atoms with Gasteiger partial charge in [-0.05, 0) is 32.1 Å². The normalized spacial score (nSPS) is 19.6. The molecule has 2 unspecified atom stereocenters. The van der Waals surface area contributed by atoms with Crippen molar-refractivity contribution >= 4 is 11.9 Å². The third-order valence-electron chi connectivity index (χ3n) is 5.34. The van der Waals surface area contributed by atoms with E-state index < -0.39 is 82.4 Å². The number of ether oxygens (including phenoxy) is 3. The van der Waals surface area contributed by atoms with Gasteiger partial charge in [-0.1, -0.05) is 19.9 Å². The fraction of sp³-hybridized carbons (Fsp3) is 0.522. The van der Waals surface area contributed by atoms with E-state index in [1.807, 2.05) is 0 Å². The van der Waals surface area contributed by atoms with Gasteiger partial charge in [0.2, 0.25) is 0 Å². The number of carbonyl (C=O) groups is 2. The fourth-order valence-corrected chi connectivity index (χ4v) is 3.46. The number of benzene rings is 1. The Kier molecular flexibility index (Phi) is 7.59. The number of esters is 2. The molecule has 180 valence electrons. The van der Waals surface area contributed by atoms with E-state index in [-0.39, 0.29) is 5.57 Å². The number of hydrogen-bond acceptors (Lipinski definition) is 6. The molecule has 33 heavy (non-hydrogen) atoms. The number of allylic oxidation sites excluding steroid dienone is 1. The summed E-state index contributed by atoms with van der Waals surface area (Å²) in [6.07, 6.45) is 1.29. The van der Waals surface area contributed by atoms with Crippen molar-refractivity contribution in [2.75, 3.05) is 7.11 Å². The molecule has 1 aliphatic rings. The first-order valence-electron chi connectivity index (χ1n) is 10.0. The number of methoxy groups -OCH3 is 1. The molecular formula is C23H25F4NO5. The average Bonchev–Trinajstić information content (AvgIpc) is 3.26. The van der Waals surface area contributed by atoms with E-state index in [1.165, 1.54) is 6.08 Å². The molecule has 2 atom stereocenters. The van der Waals surface area contributed by atoms with Crippen LogP contribution in [-0.4, -0.2) is 24.6 Å². The number of nitrogens with zero attached hydrogens (tertiary/aromatic N) is 1. The number of rotatable bonds is 7. The van der Waals surface area contributed by atoms with Gasteiger partial charge in [-0.2, -0.15) is 5.26 Å². The lowest BCUT2D eigenvalue weighted by molar-refractivity contribution is -0.150. The number of carbonyl (C=O) groups excluding carboxylic acids is 2. The molecule has 0 amide bonds. The highest BCUT2D eigenvalue weighted by molar-refractivity contribution is 5.93. The third-order valence-corrected chi connectivity index (χ3v) is 5.34. The lowest BCUT2D eigenvalue weighted by Crippen LogP contribution is -2.24. The zero-order valence-electron chi connectivity index (χ0n) is 19.1. The van der Waals surface area contributed by atoms with Crippen LogP contribution < -0.4 is 0 Å². The molecule has 0 N–H and O–H groups in total.